The van der Waals surface area contributed by atoms with E-state index in [-0.39, 0.29) is 5.82 Å². The van der Waals surface area contributed by atoms with Crippen LogP contribution in [0, 0.1) is 5.82 Å². The van der Waals surface area contributed by atoms with Gasteiger partial charge in [-0.3, -0.25) is 0 Å². The standard InChI is InChI=1S/C6H5BrFNS/c1-10-6-5(8)2-4(7)3-9-6/h2-3H,1H3. The van der Waals surface area contributed by atoms with E-state index in [1.807, 2.05) is 0 Å². The van der Waals surface area contributed by atoms with Gasteiger partial charge in [0.15, 0.2) is 5.82 Å². The quantitative estimate of drug-likeness (QED) is 0.677. The second-order valence-electron chi connectivity index (χ2n) is 1.64. The summed E-state index contributed by atoms with van der Waals surface area (Å²) in [7, 11) is 0. The zero-order valence-electron chi connectivity index (χ0n) is 5.27. The molecule has 0 saturated heterocycles. The molecule has 0 aromatic carbocycles. The molecule has 4 heteroatoms. The van der Waals surface area contributed by atoms with E-state index >= 15 is 0 Å². The van der Waals surface area contributed by atoms with Crippen LogP contribution in [-0.4, -0.2) is 11.2 Å². The Bertz CT molecular complexity index is 241. The van der Waals surface area contributed by atoms with Crippen molar-refractivity contribution >= 4 is 27.7 Å². The Morgan fingerprint density at radius 2 is 2.40 bits per heavy atom. The van der Waals surface area contributed by atoms with Crippen LogP contribution in [0.2, 0.25) is 0 Å². The largest absolute Gasteiger partial charge is 0.246 e. The number of aromatic nitrogens is 1. The van der Waals surface area contributed by atoms with Gasteiger partial charge in [0, 0.05) is 10.7 Å². The highest BCUT2D eigenvalue weighted by Gasteiger charge is 2.00. The van der Waals surface area contributed by atoms with Crippen molar-refractivity contribution in [1.82, 2.24) is 4.98 Å². The van der Waals surface area contributed by atoms with E-state index in [2.05, 4.69) is 20.9 Å². The Kier molecular flexibility index (Phi) is 2.68. The molecule has 0 aliphatic carbocycles. The van der Waals surface area contributed by atoms with Crippen LogP contribution < -0.4 is 0 Å². The molecule has 0 aliphatic heterocycles. The van der Waals surface area contributed by atoms with Crippen LogP contribution >= 0.6 is 27.7 Å². The van der Waals surface area contributed by atoms with E-state index in [0.717, 1.165) is 0 Å². The molecule has 1 rings (SSSR count). The summed E-state index contributed by atoms with van der Waals surface area (Å²) in [4.78, 5) is 3.84. The van der Waals surface area contributed by atoms with Crippen LogP contribution in [0.3, 0.4) is 0 Å². The van der Waals surface area contributed by atoms with E-state index in [1.165, 1.54) is 17.8 Å². The summed E-state index contributed by atoms with van der Waals surface area (Å²) >= 11 is 4.41. The second-order valence-corrected chi connectivity index (χ2v) is 3.36. The number of hydrogen-bond acceptors (Lipinski definition) is 2. The van der Waals surface area contributed by atoms with Gasteiger partial charge in [-0.25, -0.2) is 9.37 Å². The van der Waals surface area contributed by atoms with Gasteiger partial charge in [-0.1, -0.05) is 0 Å². The fourth-order valence-electron chi connectivity index (χ4n) is 0.552. The van der Waals surface area contributed by atoms with Crippen molar-refractivity contribution in [3.05, 3.63) is 22.6 Å². The van der Waals surface area contributed by atoms with Crippen LogP contribution in [0.15, 0.2) is 21.8 Å². The minimum Gasteiger partial charge on any atom is -0.246 e. The zero-order chi connectivity index (χ0) is 7.56. The predicted molar refractivity (Wildman–Crippen MR) is 43.7 cm³/mol. The van der Waals surface area contributed by atoms with Crippen molar-refractivity contribution in [2.45, 2.75) is 5.03 Å². The van der Waals surface area contributed by atoms with Crippen molar-refractivity contribution < 1.29 is 4.39 Å². The summed E-state index contributed by atoms with van der Waals surface area (Å²) in [6.45, 7) is 0. The number of hydrogen-bond donors (Lipinski definition) is 0. The number of halogens is 2. The molecule has 0 fully saturated rings. The monoisotopic (exact) mass is 221 g/mol. The number of rotatable bonds is 1. The summed E-state index contributed by atoms with van der Waals surface area (Å²) in [6, 6.07) is 1.40. The summed E-state index contributed by atoms with van der Waals surface area (Å²) in [6.07, 6.45) is 3.37. The van der Waals surface area contributed by atoms with Crippen LogP contribution in [0.25, 0.3) is 0 Å². The highest BCUT2D eigenvalue weighted by Crippen LogP contribution is 2.18. The maximum Gasteiger partial charge on any atom is 0.156 e. The maximum atomic E-state index is 12.7. The first-order valence-corrected chi connectivity index (χ1v) is 4.61. The van der Waals surface area contributed by atoms with Gasteiger partial charge in [-0.15, -0.1) is 11.8 Å². The predicted octanol–water partition coefficient (Wildman–Crippen LogP) is 2.71. The molecule has 0 radical (unpaired) electrons. The Hall–Kier alpha value is -0.0900. The van der Waals surface area contributed by atoms with Crippen molar-refractivity contribution in [2.24, 2.45) is 0 Å². The van der Waals surface area contributed by atoms with Crippen LogP contribution in [-0.2, 0) is 0 Å². The average Bonchev–Trinajstić information content (AvgIpc) is 1.88. The second kappa shape index (κ2) is 3.34. The molecule has 0 aliphatic rings. The van der Waals surface area contributed by atoms with Crippen LogP contribution in [0.1, 0.15) is 0 Å². The highest BCUT2D eigenvalue weighted by molar-refractivity contribution is 9.10. The lowest BCUT2D eigenvalue weighted by atomic mass is 10.5. The number of thioether (sulfide) groups is 1. The van der Waals surface area contributed by atoms with Crippen LogP contribution in [0.5, 0.6) is 0 Å². The fraction of sp³-hybridized carbons (Fsp3) is 0.167. The number of pyridine rings is 1. The zero-order valence-corrected chi connectivity index (χ0v) is 7.67. The minimum atomic E-state index is -0.276. The summed E-state index contributed by atoms with van der Waals surface area (Å²) in [5, 5.41) is 0.434. The molecule has 1 nitrogen and oxygen atoms in total. The minimum absolute atomic E-state index is 0.276. The molecule has 1 aromatic heterocycles. The summed E-state index contributed by atoms with van der Waals surface area (Å²) in [5.74, 6) is -0.276. The van der Waals surface area contributed by atoms with E-state index in [0.29, 0.717) is 9.50 Å². The summed E-state index contributed by atoms with van der Waals surface area (Å²) < 4.78 is 13.4. The molecular formula is C6H5BrFNS. The lowest BCUT2D eigenvalue weighted by molar-refractivity contribution is 0.587. The lowest BCUT2D eigenvalue weighted by Gasteiger charge is -1.96. The maximum absolute atomic E-state index is 12.7. The van der Waals surface area contributed by atoms with Gasteiger partial charge in [0.2, 0.25) is 0 Å². The van der Waals surface area contributed by atoms with E-state index in [1.54, 1.807) is 12.5 Å². The first kappa shape index (κ1) is 8.01. The van der Waals surface area contributed by atoms with E-state index in [9.17, 15) is 4.39 Å². The first-order valence-electron chi connectivity index (χ1n) is 2.59. The molecule has 0 saturated carbocycles. The van der Waals surface area contributed by atoms with Gasteiger partial charge in [-0.05, 0) is 28.3 Å². The topological polar surface area (TPSA) is 12.9 Å². The van der Waals surface area contributed by atoms with Crippen molar-refractivity contribution in [1.29, 1.82) is 0 Å². The normalized spacial score (nSPS) is 9.90. The van der Waals surface area contributed by atoms with Gasteiger partial charge in [0.05, 0.1) is 0 Å². The molecule has 0 bridgehead atoms. The summed E-state index contributed by atoms with van der Waals surface area (Å²) in [5.41, 5.74) is 0. The SMILES string of the molecule is CSc1ncc(Br)cc1F. The molecule has 0 amide bonds. The molecular weight excluding hydrogens is 217 g/mol. The third kappa shape index (κ3) is 1.70. The molecule has 0 unspecified atom stereocenters. The third-order valence-corrected chi connectivity index (χ3v) is 2.09. The Balaban J connectivity index is 3.07. The third-order valence-electron chi connectivity index (χ3n) is 0.967. The Morgan fingerprint density at radius 1 is 1.70 bits per heavy atom. The van der Waals surface area contributed by atoms with Gasteiger partial charge in [0.25, 0.3) is 0 Å². The molecule has 1 aromatic rings. The molecule has 0 N–H and O–H groups in total. The lowest BCUT2D eigenvalue weighted by Crippen LogP contribution is -1.84. The molecule has 10 heavy (non-hydrogen) atoms. The molecule has 0 spiro atoms. The molecule has 1 heterocycles. The molecule has 54 valence electrons. The van der Waals surface area contributed by atoms with Crippen LogP contribution in [0.4, 0.5) is 4.39 Å². The van der Waals surface area contributed by atoms with Crippen molar-refractivity contribution in [3.63, 3.8) is 0 Å². The van der Waals surface area contributed by atoms with E-state index in [4.69, 9.17) is 0 Å². The fourth-order valence-corrected chi connectivity index (χ4v) is 1.27. The van der Waals surface area contributed by atoms with E-state index < -0.39 is 0 Å². The smallest absolute Gasteiger partial charge is 0.156 e. The van der Waals surface area contributed by atoms with Gasteiger partial charge < -0.3 is 0 Å². The highest BCUT2D eigenvalue weighted by atomic mass is 79.9. The molecule has 0 atom stereocenters. The average molecular weight is 222 g/mol. The first-order chi connectivity index (χ1) is 4.74. The van der Waals surface area contributed by atoms with Crippen molar-refractivity contribution in [2.75, 3.05) is 6.26 Å². The number of nitrogens with zero attached hydrogens (tertiary/aromatic N) is 1. The van der Waals surface area contributed by atoms with Gasteiger partial charge in [0.1, 0.15) is 5.03 Å². The Morgan fingerprint density at radius 3 is 2.90 bits per heavy atom. The Labute approximate surface area is 71.2 Å². The van der Waals surface area contributed by atoms with Gasteiger partial charge in [-0.2, -0.15) is 0 Å². The van der Waals surface area contributed by atoms with Gasteiger partial charge >= 0.3 is 0 Å². The van der Waals surface area contributed by atoms with Crippen molar-refractivity contribution in [3.8, 4) is 0 Å².